The highest BCUT2D eigenvalue weighted by atomic mass is 15.1. The smallest absolute Gasteiger partial charge is 0.0187 e. The fourth-order valence-corrected chi connectivity index (χ4v) is 1.96. The Hall–Kier alpha value is -0.340. The second-order valence-electron chi connectivity index (χ2n) is 5.11. The van der Waals surface area contributed by atoms with Gasteiger partial charge in [-0.2, -0.15) is 0 Å². The molecule has 0 aliphatic heterocycles. The summed E-state index contributed by atoms with van der Waals surface area (Å²) in [5, 5.41) is 3.56. The van der Waals surface area contributed by atoms with Gasteiger partial charge in [-0.15, -0.1) is 0 Å². The Morgan fingerprint density at radius 1 is 1.31 bits per heavy atom. The van der Waals surface area contributed by atoms with Crippen molar-refractivity contribution in [1.29, 1.82) is 0 Å². The Balaban J connectivity index is 1.88. The van der Waals surface area contributed by atoms with E-state index in [1.165, 1.54) is 50.8 Å². The van der Waals surface area contributed by atoms with Crippen LogP contribution in [0.1, 0.15) is 46.0 Å². The lowest BCUT2D eigenvalue weighted by molar-refractivity contribution is 0.303. The Labute approximate surface area is 101 Å². The van der Waals surface area contributed by atoms with Gasteiger partial charge in [0, 0.05) is 12.6 Å². The van der Waals surface area contributed by atoms with Crippen molar-refractivity contribution in [2.75, 3.05) is 26.2 Å². The van der Waals surface area contributed by atoms with E-state index < -0.39 is 0 Å². The lowest BCUT2D eigenvalue weighted by atomic mass is 10.2. The van der Waals surface area contributed by atoms with Crippen LogP contribution in [0.25, 0.3) is 0 Å². The molecule has 1 rings (SSSR count). The Bertz CT molecular complexity index is 197. The van der Waals surface area contributed by atoms with Crippen LogP contribution in [-0.4, -0.2) is 37.1 Å². The van der Waals surface area contributed by atoms with E-state index in [1.807, 2.05) is 0 Å². The summed E-state index contributed by atoms with van der Waals surface area (Å²) in [5.74, 6) is 0. The van der Waals surface area contributed by atoms with Gasteiger partial charge in [0.2, 0.25) is 0 Å². The molecule has 1 saturated carbocycles. The first kappa shape index (κ1) is 13.7. The predicted molar refractivity (Wildman–Crippen MR) is 71.8 cm³/mol. The molecule has 94 valence electrons. The number of rotatable bonds is 10. The van der Waals surface area contributed by atoms with Gasteiger partial charge in [-0.05, 0) is 52.2 Å². The van der Waals surface area contributed by atoms with Crippen LogP contribution in [0.3, 0.4) is 0 Å². The topological polar surface area (TPSA) is 15.3 Å². The molecule has 0 heterocycles. The maximum absolute atomic E-state index is 3.98. The summed E-state index contributed by atoms with van der Waals surface area (Å²) >= 11 is 0. The van der Waals surface area contributed by atoms with Crippen LogP contribution < -0.4 is 5.32 Å². The van der Waals surface area contributed by atoms with E-state index in [4.69, 9.17) is 0 Å². The highest BCUT2D eigenvalue weighted by Crippen LogP contribution is 2.18. The summed E-state index contributed by atoms with van der Waals surface area (Å²) in [6.45, 7) is 13.0. The molecule has 1 aliphatic rings. The van der Waals surface area contributed by atoms with Gasteiger partial charge in [-0.25, -0.2) is 0 Å². The highest BCUT2D eigenvalue weighted by Gasteiger charge is 2.19. The van der Waals surface area contributed by atoms with E-state index in [2.05, 4.69) is 30.6 Å². The molecule has 0 bridgehead atoms. The van der Waals surface area contributed by atoms with Crippen molar-refractivity contribution in [2.45, 2.75) is 52.0 Å². The Kier molecular flexibility index (Phi) is 6.74. The molecule has 1 aliphatic carbocycles. The Morgan fingerprint density at radius 3 is 2.62 bits per heavy atom. The number of nitrogens with zero attached hydrogens (tertiary/aromatic N) is 1. The van der Waals surface area contributed by atoms with Gasteiger partial charge < -0.3 is 5.32 Å². The fourth-order valence-electron chi connectivity index (χ4n) is 1.96. The van der Waals surface area contributed by atoms with Crippen molar-refractivity contribution in [2.24, 2.45) is 0 Å². The summed E-state index contributed by atoms with van der Waals surface area (Å²) in [7, 11) is 0. The first-order valence-electron chi connectivity index (χ1n) is 6.82. The van der Waals surface area contributed by atoms with Gasteiger partial charge in [-0.3, -0.25) is 4.90 Å². The van der Waals surface area contributed by atoms with Gasteiger partial charge in [0.05, 0.1) is 0 Å². The molecule has 0 aromatic heterocycles. The monoisotopic (exact) mass is 224 g/mol. The SMILES string of the molecule is C=C(C)CN(CC)CCCCCNC1CC1. The second-order valence-corrected chi connectivity index (χ2v) is 5.11. The average Bonchev–Trinajstić information content (AvgIpc) is 3.04. The molecule has 2 heteroatoms. The number of likely N-dealkylation sites (N-methyl/N-ethyl adjacent to an activating group) is 1. The molecular formula is C14H28N2. The molecule has 1 fully saturated rings. The maximum atomic E-state index is 3.98. The fraction of sp³-hybridized carbons (Fsp3) is 0.857. The number of unbranched alkanes of at least 4 members (excludes halogenated alkanes) is 2. The van der Waals surface area contributed by atoms with Gasteiger partial charge in [-0.1, -0.05) is 25.5 Å². The van der Waals surface area contributed by atoms with E-state index in [1.54, 1.807) is 0 Å². The quantitative estimate of drug-likeness (QED) is 0.453. The van der Waals surface area contributed by atoms with E-state index in [-0.39, 0.29) is 0 Å². The zero-order valence-electron chi connectivity index (χ0n) is 11.1. The van der Waals surface area contributed by atoms with Crippen LogP contribution in [0.4, 0.5) is 0 Å². The summed E-state index contributed by atoms with van der Waals surface area (Å²) in [4.78, 5) is 2.48. The molecule has 0 unspecified atom stereocenters. The van der Waals surface area contributed by atoms with Crippen molar-refractivity contribution >= 4 is 0 Å². The van der Waals surface area contributed by atoms with E-state index in [0.29, 0.717) is 0 Å². The van der Waals surface area contributed by atoms with Crippen LogP contribution in [0, 0.1) is 0 Å². The average molecular weight is 224 g/mol. The highest BCUT2D eigenvalue weighted by molar-refractivity contribution is 4.91. The first-order chi connectivity index (χ1) is 7.72. The third kappa shape index (κ3) is 7.02. The number of hydrogen-bond donors (Lipinski definition) is 1. The summed E-state index contributed by atoms with van der Waals surface area (Å²) in [6, 6.07) is 0.871. The van der Waals surface area contributed by atoms with Crippen LogP contribution in [0.2, 0.25) is 0 Å². The van der Waals surface area contributed by atoms with Gasteiger partial charge in [0.25, 0.3) is 0 Å². The molecule has 1 N–H and O–H groups in total. The van der Waals surface area contributed by atoms with Crippen molar-refractivity contribution < 1.29 is 0 Å². The Morgan fingerprint density at radius 2 is 2.06 bits per heavy atom. The van der Waals surface area contributed by atoms with Crippen molar-refractivity contribution in [3.63, 3.8) is 0 Å². The summed E-state index contributed by atoms with van der Waals surface area (Å²) < 4.78 is 0. The van der Waals surface area contributed by atoms with Crippen LogP contribution >= 0.6 is 0 Å². The van der Waals surface area contributed by atoms with Crippen LogP contribution in [0.15, 0.2) is 12.2 Å². The van der Waals surface area contributed by atoms with Gasteiger partial charge >= 0.3 is 0 Å². The molecule has 0 atom stereocenters. The zero-order valence-corrected chi connectivity index (χ0v) is 11.1. The molecule has 0 aromatic rings. The second kappa shape index (κ2) is 7.86. The van der Waals surface area contributed by atoms with E-state index in [0.717, 1.165) is 19.1 Å². The normalized spacial score (nSPS) is 15.7. The molecule has 0 spiro atoms. The maximum Gasteiger partial charge on any atom is 0.0187 e. The lowest BCUT2D eigenvalue weighted by Gasteiger charge is -2.20. The number of nitrogens with one attached hydrogen (secondary N) is 1. The number of hydrogen-bond acceptors (Lipinski definition) is 2. The zero-order chi connectivity index (χ0) is 11.8. The molecule has 2 nitrogen and oxygen atoms in total. The summed E-state index contributed by atoms with van der Waals surface area (Å²) in [5.41, 5.74) is 1.28. The predicted octanol–water partition coefficient (Wildman–Crippen LogP) is 2.81. The lowest BCUT2D eigenvalue weighted by Crippen LogP contribution is -2.26. The molecule has 0 radical (unpaired) electrons. The third-order valence-corrected chi connectivity index (χ3v) is 3.10. The third-order valence-electron chi connectivity index (χ3n) is 3.10. The van der Waals surface area contributed by atoms with Gasteiger partial charge in [0.15, 0.2) is 0 Å². The minimum Gasteiger partial charge on any atom is -0.314 e. The van der Waals surface area contributed by atoms with Gasteiger partial charge in [0.1, 0.15) is 0 Å². The molecule has 0 saturated heterocycles. The molecule has 16 heavy (non-hydrogen) atoms. The largest absolute Gasteiger partial charge is 0.314 e. The summed E-state index contributed by atoms with van der Waals surface area (Å²) in [6.07, 6.45) is 6.82. The van der Waals surface area contributed by atoms with Crippen molar-refractivity contribution in [3.8, 4) is 0 Å². The minimum atomic E-state index is 0.871. The van der Waals surface area contributed by atoms with E-state index >= 15 is 0 Å². The van der Waals surface area contributed by atoms with Crippen LogP contribution in [-0.2, 0) is 0 Å². The van der Waals surface area contributed by atoms with Crippen molar-refractivity contribution in [3.05, 3.63) is 12.2 Å². The van der Waals surface area contributed by atoms with Crippen LogP contribution in [0.5, 0.6) is 0 Å². The molecular weight excluding hydrogens is 196 g/mol. The van der Waals surface area contributed by atoms with Crippen molar-refractivity contribution in [1.82, 2.24) is 10.2 Å². The molecule has 0 aromatic carbocycles. The minimum absolute atomic E-state index is 0.871. The molecule has 0 amide bonds. The van der Waals surface area contributed by atoms with E-state index in [9.17, 15) is 0 Å². The first-order valence-corrected chi connectivity index (χ1v) is 6.82. The standard InChI is InChI=1S/C14H28N2/c1-4-16(12-13(2)3)11-7-5-6-10-15-14-8-9-14/h14-15H,2,4-12H2,1,3H3.